The van der Waals surface area contributed by atoms with Gasteiger partial charge < -0.3 is 10.2 Å². The maximum absolute atomic E-state index is 14.9. The largest absolute Gasteiger partial charge is 0.352 e. The highest BCUT2D eigenvalue weighted by atomic mass is 35.5. The van der Waals surface area contributed by atoms with E-state index in [2.05, 4.69) is 5.32 Å². The van der Waals surface area contributed by atoms with E-state index in [1.165, 1.54) is 15.3 Å². The summed E-state index contributed by atoms with van der Waals surface area (Å²) >= 11 is 6.26. The van der Waals surface area contributed by atoms with E-state index in [0.717, 1.165) is 37.5 Å². The highest BCUT2D eigenvalue weighted by Crippen LogP contribution is 2.29. The van der Waals surface area contributed by atoms with Crippen LogP contribution in [0.15, 0.2) is 72.8 Å². The Morgan fingerprint density at radius 3 is 2.35 bits per heavy atom. The lowest BCUT2D eigenvalue weighted by Crippen LogP contribution is -2.52. The molecule has 43 heavy (non-hydrogen) atoms. The van der Waals surface area contributed by atoms with Crippen molar-refractivity contribution in [1.29, 1.82) is 0 Å². The van der Waals surface area contributed by atoms with Crippen LogP contribution in [0.5, 0.6) is 0 Å². The van der Waals surface area contributed by atoms with Crippen LogP contribution in [-0.4, -0.2) is 50.0 Å². The Balaban J connectivity index is 1.61. The normalized spacial score (nSPS) is 14.3. The number of sulfonamides is 1. The molecule has 7 nitrogen and oxygen atoms in total. The average Bonchev–Trinajstić information content (AvgIpc) is 3.48. The second kappa shape index (κ2) is 14.8. The first-order chi connectivity index (χ1) is 20.5. The van der Waals surface area contributed by atoms with Crippen LogP contribution in [-0.2, 0) is 32.6 Å². The molecule has 1 saturated carbocycles. The van der Waals surface area contributed by atoms with E-state index >= 15 is 0 Å². The third-order valence-corrected chi connectivity index (χ3v) is 9.52. The molecule has 3 aromatic carbocycles. The fraction of sp³-hybridized carbons (Fsp3) is 0.394. The molecule has 230 valence electrons. The van der Waals surface area contributed by atoms with Gasteiger partial charge in [0.2, 0.25) is 21.8 Å². The van der Waals surface area contributed by atoms with Crippen molar-refractivity contribution in [3.63, 3.8) is 0 Å². The number of halogens is 2. The maximum atomic E-state index is 14.9. The van der Waals surface area contributed by atoms with Gasteiger partial charge in [0.25, 0.3) is 0 Å². The van der Waals surface area contributed by atoms with Crippen molar-refractivity contribution in [3.05, 3.63) is 100 Å². The van der Waals surface area contributed by atoms with Crippen LogP contribution < -0.4 is 9.62 Å². The van der Waals surface area contributed by atoms with E-state index in [0.29, 0.717) is 21.8 Å². The predicted molar refractivity (Wildman–Crippen MR) is 169 cm³/mol. The van der Waals surface area contributed by atoms with Gasteiger partial charge in [-0.15, -0.1) is 0 Å². The van der Waals surface area contributed by atoms with Crippen molar-refractivity contribution in [2.24, 2.45) is 0 Å². The molecule has 0 spiro atoms. The summed E-state index contributed by atoms with van der Waals surface area (Å²) in [4.78, 5) is 29.2. The minimum atomic E-state index is -3.68. The monoisotopic (exact) mass is 627 g/mol. The molecule has 10 heteroatoms. The van der Waals surface area contributed by atoms with Crippen molar-refractivity contribution in [2.45, 2.75) is 70.5 Å². The summed E-state index contributed by atoms with van der Waals surface area (Å²) in [5.74, 6) is -1.09. The first-order valence-electron chi connectivity index (χ1n) is 14.6. The Bertz CT molecular complexity index is 1510. The number of carbonyl (C=O) groups excluding carboxylic acids is 2. The van der Waals surface area contributed by atoms with Gasteiger partial charge >= 0.3 is 0 Å². The van der Waals surface area contributed by atoms with E-state index in [1.807, 2.05) is 30.3 Å². The Hall–Kier alpha value is -3.43. The van der Waals surface area contributed by atoms with E-state index in [-0.39, 0.29) is 50.2 Å². The average molecular weight is 628 g/mol. The number of nitrogens with one attached hydrogen (secondary N) is 1. The first kappa shape index (κ1) is 32.5. The van der Waals surface area contributed by atoms with Crippen molar-refractivity contribution in [1.82, 2.24) is 10.2 Å². The lowest BCUT2D eigenvalue weighted by atomic mass is 10.0. The molecule has 0 heterocycles. The summed E-state index contributed by atoms with van der Waals surface area (Å²) in [6, 6.07) is 19.9. The summed E-state index contributed by atoms with van der Waals surface area (Å²) in [5, 5.41) is 3.58. The van der Waals surface area contributed by atoms with Crippen LogP contribution in [0.25, 0.3) is 0 Å². The summed E-state index contributed by atoms with van der Waals surface area (Å²) in [6.07, 6.45) is 5.37. The highest BCUT2D eigenvalue weighted by molar-refractivity contribution is 7.92. The van der Waals surface area contributed by atoms with Gasteiger partial charge in [-0.25, -0.2) is 12.8 Å². The topological polar surface area (TPSA) is 86.8 Å². The minimum absolute atomic E-state index is 0.0386. The summed E-state index contributed by atoms with van der Waals surface area (Å²) in [6.45, 7) is 1.69. The first-order valence-corrected chi connectivity index (χ1v) is 16.9. The number of rotatable bonds is 13. The quantitative estimate of drug-likeness (QED) is 0.251. The third kappa shape index (κ3) is 8.80. The van der Waals surface area contributed by atoms with Crippen LogP contribution in [0, 0.1) is 12.7 Å². The minimum Gasteiger partial charge on any atom is -0.352 e. The Labute approximate surface area is 259 Å². The van der Waals surface area contributed by atoms with Gasteiger partial charge in [0.05, 0.1) is 11.9 Å². The molecule has 1 atom stereocenters. The number of hydrogen-bond acceptors (Lipinski definition) is 4. The molecule has 0 aliphatic heterocycles. The molecule has 0 radical (unpaired) electrons. The molecule has 4 rings (SSSR count). The van der Waals surface area contributed by atoms with Gasteiger partial charge in [0.15, 0.2) is 0 Å². The maximum Gasteiger partial charge on any atom is 0.243 e. The van der Waals surface area contributed by atoms with E-state index in [1.54, 1.807) is 43.3 Å². The van der Waals surface area contributed by atoms with Crippen LogP contribution in [0.3, 0.4) is 0 Å². The lowest BCUT2D eigenvalue weighted by Gasteiger charge is -2.33. The number of carbonyl (C=O) groups is 2. The van der Waals surface area contributed by atoms with Crippen molar-refractivity contribution < 1.29 is 22.4 Å². The predicted octanol–water partition coefficient (Wildman–Crippen LogP) is 6.03. The van der Waals surface area contributed by atoms with Gasteiger partial charge in [0, 0.05) is 42.6 Å². The number of amides is 2. The molecular formula is C33H39ClFN3O4S. The molecular weight excluding hydrogens is 589 g/mol. The zero-order valence-electron chi connectivity index (χ0n) is 24.6. The lowest BCUT2D eigenvalue weighted by molar-refractivity contribution is -0.141. The van der Waals surface area contributed by atoms with E-state index in [9.17, 15) is 22.4 Å². The molecule has 1 fully saturated rings. The SMILES string of the molecule is Cc1c(Cl)cccc1N(CCCC(=O)N(Cc1ccccc1F)C(Cc1ccccc1)C(=O)NC1CCCC1)S(C)(=O)=O. The Morgan fingerprint density at radius 1 is 1.00 bits per heavy atom. The van der Waals surface area contributed by atoms with Gasteiger partial charge in [-0.3, -0.25) is 13.9 Å². The number of hydrogen-bond donors (Lipinski definition) is 1. The zero-order chi connectivity index (χ0) is 31.0. The molecule has 0 saturated heterocycles. The molecule has 2 amide bonds. The van der Waals surface area contributed by atoms with Gasteiger partial charge in [0.1, 0.15) is 11.9 Å². The van der Waals surface area contributed by atoms with Crippen molar-refractivity contribution in [3.8, 4) is 0 Å². The van der Waals surface area contributed by atoms with Crippen molar-refractivity contribution in [2.75, 3.05) is 17.1 Å². The summed E-state index contributed by atoms with van der Waals surface area (Å²) in [5.41, 5.74) is 2.24. The number of anilines is 1. The van der Waals surface area contributed by atoms with E-state index in [4.69, 9.17) is 11.6 Å². The summed E-state index contributed by atoms with van der Waals surface area (Å²) < 4.78 is 41.6. The fourth-order valence-corrected chi connectivity index (χ4v) is 6.77. The number of nitrogens with zero attached hydrogens (tertiary/aromatic N) is 2. The van der Waals surface area contributed by atoms with Gasteiger partial charge in [-0.1, -0.05) is 79.0 Å². The Morgan fingerprint density at radius 2 is 1.67 bits per heavy atom. The fourth-order valence-electron chi connectivity index (χ4n) is 5.58. The standard InChI is InChI=1S/C33H39ClFN3O4S/c1-24-28(34)17-10-19-30(24)38(43(2,41)42)21-11-20-32(39)37(23-26-14-6-9-18-29(26)35)31(22-25-12-4-3-5-13-25)33(40)36-27-15-7-8-16-27/h3-6,9-10,12-14,17-19,27,31H,7-8,11,15-16,20-23H2,1-2H3,(H,36,40). The third-order valence-electron chi connectivity index (χ3n) is 7.93. The Kier molecular flexibility index (Phi) is 11.2. The number of benzene rings is 3. The zero-order valence-corrected chi connectivity index (χ0v) is 26.2. The van der Waals surface area contributed by atoms with Crippen molar-refractivity contribution >= 4 is 39.1 Å². The van der Waals surface area contributed by atoms with Gasteiger partial charge in [-0.2, -0.15) is 0 Å². The molecule has 1 unspecified atom stereocenters. The molecule has 1 aliphatic rings. The van der Waals surface area contributed by atoms with E-state index < -0.39 is 21.9 Å². The molecule has 1 N–H and O–H groups in total. The van der Waals surface area contributed by atoms with Crippen LogP contribution >= 0.6 is 11.6 Å². The second-order valence-corrected chi connectivity index (χ2v) is 13.4. The summed E-state index contributed by atoms with van der Waals surface area (Å²) in [7, 11) is -3.68. The molecule has 3 aromatic rings. The smallest absolute Gasteiger partial charge is 0.243 e. The highest BCUT2D eigenvalue weighted by Gasteiger charge is 2.32. The molecule has 0 bridgehead atoms. The molecule has 0 aromatic heterocycles. The molecule has 1 aliphatic carbocycles. The second-order valence-electron chi connectivity index (χ2n) is 11.1. The van der Waals surface area contributed by atoms with Crippen LogP contribution in [0.4, 0.5) is 10.1 Å². The van der Waals surface area contributed by atoms with Gasteiger partial charge in [-0.05, 0) is 55.5 Å². The van der Waals surface area contributed by atoms with Crippen LogP contribution in [0.2, 0.25) is 5.02 Å². The van der Waals surface area contributed by atoms with Crippen LogP contribution in [0.1, 0.15) is 55.2 Å².